The van der Waals surface area contributed by atoms with E-state index in [0.29, 0.717) is 6.54 Å². The minimum Gasteiger partial charge on any atom is -0.360 e. The monoisotopic (exact) mass is 284 g/mol. The normalized spacial score (nSPS) is 10.3. The van der Waals surface area contributed by atoms with Gasteiger partial charge in [0.2, 0.25) is 11.1 Å². The van der Waals surface area contributed by atoms with E-state index in [9.17, 15) is 10.1 Å². The molecule has 0 bridgehead atoms. The number of aryl methyl sites for hydroxylation is 1. The van der Waals surface area contributed by atoms with Gasteiger partial charge in [-0.15, -0.1) is 0 Å². The average Bonchev–Trinajstić information content (AvgIpc) is 2.77. The zero-order valence-corrected chi connectivity index (χ0v) is 11.0. The van der Waals surface area contributed by atoms with Crippen LogP contribution >= 0.6 is 22.9 Å². The largest absolute Gasteiger partial charge is 0.360 e. The lowest BCUT2D eigenvalue weighted by Gasteiger charge is -2.06. The first-order valence-electron chi connectivity index (χ1n) is 5.01. The van der Waals surface area contributed by atoms with Crippen molar-refractivity contribution in [3.8, 4) is 0 Å². The number of rotatable bonds is 4. The molecular formula is C10H9ClN4O2S. The molecule has 2 aromatic rings. The summed E-state index contributed by atoms with van der Waals surface area (Å²) in [6, 6.07) is 1.93. The minimum absolute atomic E-state index is 0.00841. The minimum atomic E-state index is -0.512. The van der Waals surface area contributed by atoms with Gasteiger partial charge in [0.1, 0.15) is 5.69 Å². The molecule has 8 heteroatoms. The lowest BCUT2D eigenvalue weighted by atomic mass is 10.3. The smallest absolute Gasteiger partial charge is 0.332 e. The van der Waals surface area contributed by atoms with E-state index in [0.717, 1.165) is 5.56 Å². The van der Waals surface area contributed by atoms with Crippen molar-refractivity contribution < 1.29 is 4.92 Å². The van der Waals surface area contributed by atoms with Crippen LogP contribution in [0.3, 0.4) is 0 Å². The summed E-state index contributed by atoms with van der Waals surface area (Å²) in [5, 5.41) is 17.7. The molecule has 0 saturated carbocycles. The Balaban J connectivity index is 2.28. The molecule has 18 heavy (non-hydrogen) atoms. The van der Waals surface area contributed by atoms with Gasteiger partial charge >= 0.3 is 5.69 Å². The van der Waals surface area contributed by atoms with Gasteiger partial charge in [-0.2, -0.15) is 16.3 Å². The van der Waals surface area contributed by atoms with Gasteiger partial charge < -0.3 is 5.32 Å². The lowest BCUT2D eigenvalue weighted by Crippen LogP contribution is -2.07. The third kappa shape index (κ3) is 2.74. The number of anilines is 1. The molecule has 0 fully saturated rings. The van der Waals surface area contributed by atoms with Crippen LogP contribution in [-0.2, 0) is 6.54 Å². The molecule has 0 aliphatic heterocycles. The highest BCUT2D eigenvalue weighted by atomic mass is 35.5. The van der Waals surface area contributed by atoms with Crippen molar-refractivity contribution in [3.05, 3.63) is 43.5 Å². The van der Waals surface area contributed by atoms with Crippen LogP contribution in [0.15, 0.2) is 16.8 Å². The maximum Gasteiger partial charge on any atom is 0.332 e. The van der Waals surface area contributed by atoms with E-state index in [2.05, 4.69) is 15.3 Å². The summed E-state index contributed by atoms with van der Waals surface area (Å²) < 4.78 is 0. The maximum absolute atomic E-state index is 11.0. The quantitative estimate of drug-likeness (QED) is 0.530. The van der Waals surface area contributed by atoms with Gasteiger partial charge in [-0.3, -0.25) is 10.1 Å². The first-order valence-corrected chi connectivity index (χ1v) is 6.33. The van der Waals surface area contributed by atoms with Crippen LogP contribution in [0, 0.1) is 17.0 Å². The standard InChI is InChI=1S/C10H9ClN4O2S/c1-6-8(15(16)17)9(14-10(11)13-6)12-4-7-2-3-18-5-7/h2-3,5H,4H2,1H3,(H,12,13,14). The number of hydrogen-bond acceptors (Lipinski definition) is 6. The highest BCUT2D eigenvalue weighted by Gasteiger charge is 2.21. The topological polar surface area (TPSA) is 81.0 Å². The molecular weight excluding hydrogens is 276 g/mol. The van der Waals surface area contributed by atoms with E-state index in [1.807, 2.05) is 16.8 Å². The predicted molar refractivity (Wildman–Crippen MR) is 70.1 cm³/mol. The zero-order chi connectivity index (χ0) is 13.1. The number of nitro groups is 1. The highest BCUT2D eigenvalue weighted by molar-refractivity contribution is 7.07. The van der Waals surface area contributed by atoms with E-state index in [4.69, 9.17) is 11.6 Å². The van der Waals surface area contributed by atoms with Crippen LogP contribution in [0.1, 0.15) is 11.3 Å². The summed E-state index contributed by atoms with van der Waals surface area (Å²) in [6.45, 7) is 1.98. The fourth-order valence-corrected chi connectivity index (χ4v) is 2.33. The molecule has 0 spiro atoms. The Morgan fingerprint density at radius 2 is 2.33 bits per heavy atom. The van der Waals surface area contributed by atoms with Gasteiger partial charge in [0.25, 0.3) is 0 Å². The van der Waals surface area contributed by atoms with E-state index >= 15 is 0 Å². The number of thiophene rings is 1. The number of nitrogens with one attached hydrogen (secondary N) is 1. The van der Waals surface area contributed by atoms with Gasteiger partial charge in [0, 0.05) is 6.54 Å². The van der Waals surface area contributed by atoms with Crippen molar-refractivity contribution >= 4 is 34.4 Å². The van der Waals surface area contributed by atoms with Crippen molar-refractivity contribution in [3.63, 3.8) is 0 Å². The molecule has 6 nitrogen and oxygen atoms in total. The number of halogens is 1. The Hall–Kier alpha value is -1.73. The molecule has 0 aliphatic carbocycles. The highest BCUT2D eigenvalue weighted by Crippen LogP contribution is 2.26. The third-order valence-corrected chi connectivity index (χ3v) is 3.15. The molecule has 0 aliphatic rings. The summed E-state index contributed by atoms with van der Waals surface area (Å²) in [7, 11) is 0. The third-order valence-electron chi connectivity index (χ3n) is 2.25. The second-order valence-corrected chi connectivity index (χ2v) is 4.64. The number of hydrogen-bond donors (Lipinski definition) is 1. The fraction of sp³-hybridized carbons (Fsp3) is 0.200. The lowest BCUT2D eigenvalue weighted by molar-refractivity contribution is -0.385. The van der Waals surface area contributed by atoms with Crippen molar-refractivity contribution in [1.82, 2.24) is 9.97 Å². The molecule has 94 valence electrons. The van der Waals surface area contributed by atoms with E-state index in [1.54, 1.807) is 11.3 Å². The molecule has 1 N–H and O–H groups in total. The summed E-state index contributed by atoms with van der Waals surface area (Å²) in [5.74, 6) is 0.142. The van der Waals surface area contributed by atoms with Crippen LogP contribution in [0.25, 0.3) is 0 Å². The molecule has 2 aromatic heterocycles. The molecule has 2 rings (SSSR count). The molecule has 0 amide bonds. The summed E-state index contributed by atoms with van der Waals surface area (Å²) >= 11 is 7.26. The van der Waals surface area contributed by atoms with Crippen molar-refractivity contribution in [2.75, 3.05) is 5.32 Å². The zero-order valence-electron chi connectivity index (χ0n) is 9.38. The van der Waals surface area contributed by atoms with E-state index in [1.165, 1.54) is 6.92 Å². The van der Waals surface area contributed by atoms with Gasteiger partial charge in [-0.05, 0) is 40.9 Å². The van der Waals surface area contributed by atoms with Crippen molar-refractivity contribution in [2.24, 2.45) is 0 Å². The number of nitrogens with zero attached hydrogens (tertiary/aromatic N) is 3. The predicted octanol–water partition coefficient (Wildman–Crippen LogP) is 3.02. The van der Waals surface area contributed by atoms with E-state index < -0.39 is 4.92 Å². The van der Waals surface area contributed by atoms with Crippen LogP contribution in [0.2, 0.25) is 5.28 Å². The summed E-state index contributed by atoms with van der Waals surface area (Å²) in [6.07, 6.45) is 0. The van der Waals surface area contributed by atoms with Gasteiger partial charge in [-0.25, -0.2) is 4.98 Å². The molecule has 0 saturated heterocycles. The Bertz CT molecular complexity index is 574. The van der Waals surface area contributed by atoms with Crippen LogP contribution in [0.4, 0.5) is 11.5 Å². The summed E-state index contributed by atoms with van der Waals surface area (Å²) in [5.41, 5.74) is 1.13. The maximum atomic E-state index is 11.0. The molecule has 0 radical (unpaired) electrons. The Morgan fingerprint density at radius 1 is 1.56 bits per heavy atom. The second kappa shape index (κ2) is 5.28. The SMILES string of the molecule is Cc1nc(Cl)nc(NCc2ccsc2)c1[N+](=O)[O-]. The number of aromatic nitrogens is 2. The van der Waals surface area contributed by atoms with Crippen molar-refractivity contribution in [2.45, 2.75) is 13.5 Å². The van der Waals surface area contributed by atoms with Crippen LogP contribution in [0.5, 0.6) is 0 Å². The Labute approximate surface area is 112 Å². The van der Waals surface area contributed by atoms with Gasteiger partial charge in [-0.1, -0.05) is 0 Å². The fourth-order valence-electron chi connectivity index (χ4n) is 1.45. The van der Waals surface area contributed by atoms with Crippen LogP contribution < -0.4 is 5.32 Å². The summed E-state index contributed by atoms with van der Waals surface area (Å²) in [4.78, 5) is 18.1. The Morgan fingerprint density at radius 3 is 2.94 bits per heavy atom. The van der Waals surface area contributed by atoms with Crippen LogP contribution in [-0.4, -0.2) is 14.9 Å². The first-order chi connectivity index (χ1) is 8.58. The Kier molecular flexibility index (Phi) is 3.73. The average molecular weight is 285 g/mol. The van der Waals surface area contributed by atoms with Gasteiger partial charge in [0.05, 0.1) is 4.92 Å². The second-order valence-electron chi connectivity index (χ2n) is 3.52. The van der Waals surface area contributed by atoms with Crippen molar-refractivity contribution in [1.29, 1.82) is 0 Å². The first kappa shape index (κ1) is 12.7. The molecule has 0 atom stereocenters. The molecule has 0 unspecified atom stereocenters. The van der Waals surface area contributed by atoms with E-state index in [-0.39, 0.29) is 22.5 Å². The molecule has 0 aromatic carbocycles. The van der Waals surface area contributed by atoms with Gasteiger partial charge in [0.15, 0.2) is 0 Å². The molecule has 2 heterocycles.